The summed E-state index contributed by atoms with van der Waals surface area (Å²) in [6, 6.07) is 11.1. The summed E-state index contributed by atoms with van der Waals surface area (Å²) in [5.74, 6) is -0.422. The van der Waals surface area contributed by atoms with E-state index in [1.165, 1.54) is 22.5 Å². The third-order valence-corrected chi connectivity index (χ3v) is 6.66. The number of amides is 4. The molecule has 2 heterocycles. The Bertz CT molecular complexity index is 1320. The predicted octanol–water partition coefficient (Wildman–Crippen LogP) is 5.59. The van der Waals surface area contributed by atoms with Crippen molar-refractivity contribution in [1.82, 2.24) is 20.5 Å². The molecule has 0 saturated carbocycles. The van der Waals surface area contributed by atoms with Crippen LogP contribution in [0.3, 0.4) is 0 Å². The normalized spacial score (nSPS) is 12.0. The number of urea groups is 1. The van der Waals surface area contributed by atoms with Crippen molar-refractivity contribution < 1.29 is 19.1 Å². The Labute approximate surface area is 245 Å². The van der Waals surface area contributed by atoms with Crippen molar-refractivity contribution >= 4 is 40.7 Å². The Kier molecular flexibility index (Phi) is 11.2. The Hall–Kier alpha value is -3.96. The van der Waals surface area contributed by atoms with E-state index in [1.807, 2.05) is 44.1 Å². The van der Waals surface area contributed by atoms with Crippen LogP contribution in [0.5, 0.6) is 0 Å². The van der Waals surface area contributed by atoms with Gasteiger partial charge < -0.3 is 25.6 Å². The lowest BCUT2D eigenvalue weighted by Gasteiger charge is -2.21. The maximum absolute atomic E-state index is 12.9. The van der Waals surface area contributed by atoms with E-state index in [0.717, 1.165) is 18.5 Å². The van der Waals surface area contributed by atoms with Gasteiger partial charge in [-0.15, -0.1) is 11.3 Å². The van der Waals surface area contributed by atoms with Crippen LogP contribution in [0, 0.1) is 6.92 Å². The van der Waals surface area contributed by atoms with Gasteiger partial charge in [-0.25, -0.2) is 9.59 Å². The summed E-state index contributed by atoms with van der Waals surface area (Å²) >= 11 is 1.33. The highest BCUT2D eigenvalue weighted by Crippen LogP contribution is 2.28. The number of ether oxygens (including phenoxy) is 1. The first kappa shape index (κ1) is 31.6. The van der Waals surface area contributed by atoms with Gasteiger partial charge >= 0.3 is 12.1 Å². The molecule has 0 radical (unpaired) electrons. The summed E-state index contributed by atoms with van der Waals surface area (Å²) in [4.78, 5) is 44.2. The topological polar surface area (TPSA) is 125 Å². The third-order valence-electron chi connectivity index (χ3n) is 5.92. The van der Waals surface area contributed by atoms with Crippen LogP contribution >= 0.6 is 11.3 Å². The molecule has 1 atom stereocenters. The average Bonchev–Trinajstić information content (AvgIpc) is 3.31. The molecule has 2 aromatic heterocycles. The molecule has 41 heavy (non-hydrogen) atoms. The van der Waals surface area contributed by atoms with Crippen molar-refractivity contribution in [2.45, 2.75) is 52.2 Å². The molecule has 0 saturated heterocycles. The molecule has 0 aliphatic carbocycles. The van der Waals surface area contributed by atoms with Crippen LogP contribution in [0.25, 0.3) is 0 Å². The molecular formula is C30H40N6O4S. The van der Waals surface area contributed by atoms with Crippen molar-refractivity contribution in [3.05, 3.63) is 75.7 Å². The van der Waals surface area contributed by atoms with Crippen LogP contribution in [0.4, 0.5) is 21.0 Å². The van der Waals surface area contributed by atoms with Crippen LogP contribution in [-0.2, 0) is 11.2 Å². The lowest BCUT2D eigenvalue weighted by molar-refractivity contribution is 0.0635. The zero-order valence-corrected chi connectivity index (χ0v) is 25.4. The Balaban J connectivity index is 1.60. The highest BCUT2D eigenvalue weighted by molar-refractivity contribution is 7.09. The van der Waals surface area contributed by atoms with Gasteiger partial charge in [-0.2, -0.15) is 0 Å². The fourth-order valence-electron chi connectivity index (χ4n) is 3.94. The maximum Gasteiger partial charge on any atom is 0.412 e. The van der Waals surface area contributed by atoms with Crippen molar-refractivity contribution in [1.29, 1.82) is 0 Å². The molecule has 3 aromatic rings. The second-order valence-corrected chi connectivity index (χ2v) is 11.8. The summed E-state index contributed by atoms with van der Waals surface area (Å²) in [6.45, 7) is 8.64. The number of anilines is 2. The van der Waals surface area contributed by atoms with Gasteiger partial charge in [0.2, 0.25) is 0 Å². The van der Waals surface area contributed by atoms with Crippen LogP contribution in [0.2, 0.25) is 0 Å². The summed E-state index contributed by atoms with van der Waals surface area (Å²) in [7, 11) is 3.95. The van der Waals surface area contributed by atoms with Gasteiger partial charge in [0.25, 0.3) is 5.91 Å². The predicted molar refractivity (Wildman–Crippen MR) is 164 cm³/mol. The number of hydrogen-bond acceptors (Lipinski definition) is 7. The summed E-state index contributed by atoms with van der Waals surface area (Å²) in [6.07, 6.45) is 2.40. The smallest absolute Gasteiger partial charge is 0.412 e. The Morgan fingerprint density at radius 2 is 1.78 bits per heavy atom. The number of carbonyl (C=O) groups is 3. The molecule has 0 fully saturated rings. The fourth-order valence-corrected chi connectivity index (χ4v) is 4.66. The van der Waals surface area contributed by atoms with E-state index in [1.54, 1.807) is 49.9 Å². The first-order valence-corrected chi connectivity index (χ1v) is 14.4. The first-order chi connectivity index (χ1) is 19.4. The number of aromatic nitrogens is 1. The van der Waals surface area contributed by atoms with Crippen LogP contribution in [0.15, 0.2) is 53.4 Å². The molecule has 0 aliphatic heterocycles. The van der Waals surface area contributed by atoms with Gasteiger partial charge in [0, 0.05) is 23.5 Å². The zero-order chi connectivity index (χ0) is 30.0. The van der Waals surface area contributed by atoms with Crippen molar-refractivity contribution in [3.8, 4) is 0 Å². The molecular weight excluding hydrogens is 540 g/mol. The van der Waals surface area contributed by atoms with Crippen molar-refractivity contribution in [2.75, 3.05) is 37.8 Å². The van der Waals surface area contributed by atoms with Crippen molar-refractivity contribution in [2.24, 2.45) is 0 Å². The quantitative estimate of drug-likeness (QED) is 0.235. The third kappa shape index (κ3) is 10.8. The number of nitrogens with one attached hydrogen (secondary N) is 4. The lowest BCUT2D eigenvalue weighted by atomic mass is 10.1. The average molecular weight is 581 g/mol. The summed E-state index contributed by atoms with van der Waals surface area (Å²) < 4.78 is 5.29. The molecule has 0 spiro atoms. The monoisotopic (exact) mass is 580 g/mol. The molecule has 10 nitrogen and oxygen atoms in total. The lowest BCUT2D eigenvalue weighted by Crippen LogP contribution is -2.39. The number of nitrogens with zero attached hydrogens (tertiary/aromatic N) is 2. The zero-order valence-electron chi connectivity index (χ0n) is 24.5. The van der Waals surface area contributed by atoms with Crippen LogP contribution < -0.4 is 21.3 Å². The number of pyridine rings is 1. The summed E-state index contributed by atoms with van der Waals surface area (Å²) in [5.41, 5.74) is 3.60. The first-order valence-electron chi connectivity index (χ1n) is 13.5. The Morgan fingerprint density at radius 1 is 1.05 bits per heavy atom. The highest BCUT2D eigenvalue weighted by atomic mass is 32.1. The van der Waals surface area contributed by atoms with E-state index in [-0.39, 0.29) is 17.8 Å². The standard InChI is InChI=1S/C30H40N6O4S/c1-20-8-7-9-21(16-20)12-14-31-28(38)34-23(13-15-36(5)6)22-10-11-24(32-17-22)27(37)33-25-18-41-19-26(25)35-29(39)40-30(2,3)4/h7-11,16-19,23H,12-15H2,1-6H3,(H,33,37)(H,35,39)(H2,31,34,38). The molecule has 220 valence electrons. The molecule has 1 aromatic carbocycles. The fraction of sp³-hybridized carbons (Fsp3) is 0.400. The molecule has 3 rings (SSSR count). The van der Waals surface area contributed by atoms with E-state index >= 15 is 0 Å². The largest absolute Gasteiger partial charge is 0.444 e. The van der Waals surface area contributed by atoms with Crippen molar-refractivity contribution in [3.63, 3.8) is 0 Å². The Morgan fingerprint density at radius 3 is 2.41 bits per heavy atom. The van der Waals surface area contributed by atoms with Gasteiger partial charge in [-0.05, 0) is 78.4 Å². The van der Waals surface area contributed by atoms with Crippen LogP contribution in [0.1, 0.15) is 60.4 Å². The van der Waals surface area contributed by atoms with E-state index in [4.69, 9.17) is 4.74 Å². The van der Waals surface area contributed by atoms with Crippen LogP contribution in [-0.4, -0.2) is 60.7 Å². The van der Waals surface area contributed by atoms with Gasteiger partial charge in [0.15, 0.2) is 0 Å². The highest BCUT2D eigenvalue weighted by Gasteiger charge is 2.20. The number of thiophene rings is 1. The van der Waals surface area contributed by atoms with Gasteiger partial charge in [0.1, 0.15) is 11.3 Å². The van der Waals surface area contributed by atoms with E-state index in [0.29, 0.717) is 24.3 Å². The molecule has 1 unspecified atom stereocenters. The van der Waals surface area contributed by atoms with E-state index in [2.05, 4.69) is 32.3 Å². The number of carbonyl (C=O) groups excluding carboxylic acids is 3. The molecule has 4 amide bonds. The second-order valence-electron chi connectivity index (χ2n) is 11.0. The maximum atomic E-state index is 12.9. The number of hydrogen-bond donors (Lipinski definition) is 4. The molecule has 11 heteroatoms. The minimum atomic E-state index is -0.642. The van der Waals surface area contributed by atoms with E-state index in [9.17, 15) is 14.4 Å². The summed E-state index contributed by atoms with van der Waals surface area (Å²) in [5, 5.41) is 14.9. The minimum absolute atomic E-state index is 0.206. The molecule has 0 aliphatic rings. The van der Waals surface area contributed by atoms with Gasteiger partial charge in [-0.3, -0.25) is 15.1 Å². The number of aryl methyl sites for hydroxylation is 1. The minimum Gasteiger partial charge on any atom is -0.444 e. The SMILES string of the molecule is Cc1cccc(CCNC(=O)NC(CCN(C)C)c2ccc(C(=O)Nc3cscc3NC(=O)OC(C)(C)C)nc2)c1. The second kappa shape index (κ2) is 14.6. The number of rotatable bonds is 11. The molecule has 4 N–H and O–H groups in total. The number of benzene rings is 1. The van der Waals surface area contributed by atoms with Gasteiger partial charge in [-0.1, -0.05) is 35.9 Å². The molecule has 0 bridgehead atoms. The van der Waals surface area contributed by atoms with E-state index < -0.39 is 17.6 Å². The van der Waals surface area contributed by atoms with Gasteiger partial charge in [0.05, 0.1) is 17.4 Å².